The van der Waals surface area contributed by atoms with Gasteiger partial charge in [0.15, 0.2) is 5.78 Å². The van der Waals surface area contributed by atoms with Gasteiger partial charge in [0.2, 0.25) is 0 Å². The first kappa shape index (κ1) is 10.9. The molecule has 1 atom stereocenters. The van der Waals surface area contributed by atoms with Crippen molar-refractivity contribution in [3.8, 4) is 0 Å². The minimum Gasteiger partial charge on any atom is -0.356 e. The summed E-state index contributed by atoms with van der Waals surface area (Å²) in [4.78, 5) is 25.7. The highest BCUT2D eigenvalue weighted by atomic mass is 16.2. The fraction of sp³-hybridized carbons (Fsp3) is 0.500. The molecule has 2 rings (SSSR count). The Bertz CT molecular complexity index is 418. The molecule has 1 saturated carbocycles. The van der Waals surface area contributed by atoms with Crippen molar-refractivity contribution in [1.82, 2.24) is 10.3 Å². The van der Waals surface area contributed by atoms with Crippen LogP contribution in [-0.4, -0.2) is 22.7 Å². The van der Waals surface area contributed by atoms with E-state index in [9.17, 15) is 9.59 Å². The monoisotopic (exact) mass is 220 g/mol. The van der Waals surface area contributed by atoms with E-state index >= 15 is 0 Å². The predicted molar refractivity (Wildman–Crippen MR) is 60.4 cm³/mol. The first-order chi connectivity index (χ1) is 7.58. The summed E-state index contributed by atoms with van der Waals surface area (Å²) in [7, 11) is 0. The van der Waals surface area contributed by atoms with Crippen LogP contribution in [0.15, 0.2) is 12.3 Å². The predicted octanol–water partition coefficient (Wildman–Crippen LogP) is 1.75. The van der Waals surface area contributed by atoms with Gasteiger partial charge in [-0.3, -0.25) is 9.59 Å². The molecule has 86 valence electrons. The average Bonchev–Trinajstić information content (AvgIpc) is 2.95. The lowest BCUT2D eigenvalue weighted by Crippen LogP contribution is -2.34. The van der Waals surface area contributed by atoms with E-state index in [2.05, 4.69) is 10.3 Å². The summed E-state index contributed by atoms with van der Waals surface area (Å²) < 4.78 is 0. The number of ketones is 1. The Balaban J connectivity index is 1.99. The third-order valence-corrected chi connectivity index (χ3v) is 3.02. The van der Waals surface area contributed by atoms with Crippen LogP contribution in [0.1, 0.15) is 47.5 Å². The second-order valence-corrected chi connectivity index (χ2v) is 4.46. The number of rotatable bonds is 4. The fourth-order valence-corrected chi connectivity index (χ4v) is 1.73. The minimum absolute atomic E-state index is 0.0365. The fourth-order valence-electron chi connectivity index (χ4n) is 1.73. The standard InChI is InChI=1S/C12H16N2O2/c1-7(9-3-4-9)14-12(16)11-5-10(6-13-11)8(2)15/h5-7,9,13H,3-4H2,1-2H3,(H,14,16). The van der Waals surface area contributed by atoms with Gasteiger partial charge in [0.1, 0.15) is 5.69 Å². The molecule has 4 heteroatoms. The molecule has 0 aliphatic heterocycles. The van der Waals surface area contributed by atoms with E-state index in [1.807, 2.05) is 6.92 Å². The molecule has 1 aromatic heterocycles. The van der Waals surface area contributed by atoms with E-state index in [-0.39, 0.29) is 17.7 Å². The van der Waals surface area contributed by atoms with Crippen LogP contribution in [0, 0.1) is 5.92 Å². The highest BCUT2D eigenvalue weighted by Gasteiger charge is 2.29. The summed E-state index contributed by atoms with van der Waals surface area (Å²) in [6, 6.07) is 1.81. The SMILES string of the molecule is CC(=O)c1c[nH]c(C(=O)NC(C)C2CC2)c1. The number of carbonyl (C=O) groups is 2. The lowest BCUT2D eigenvalue weighted by molar-refractivity contribution is 0.0931. The molecular formula is C12H16N2O2. The van der Waals surface area contributed by atoms with Crippen molar-refractivity contribution in [3.63, 3.8) is 0 Å². The van der Waals surface area contributed by atoms with Gasteiger partial charge in [0.25, 0.3) is 5.91 Å². The molecule has 0 aromatic carbocycles. The molecule has 1 fully saturated rings. The van der Waals surface area contributed by atoms with Crippen molar-refractivity contribution in [2.45, 2.75) is 32.7 Å². The summed E-state index contributed by atoms with van der Waals surface area (Å²) in [5.74, 6) is 0.462. The van der Waals surface area contributed by atoms with E-state index in [4.69, 9.17) is 0 Å². The molecule has 1 amide bonds. The topological polar surface area (TPSA) is 62.0 Å². The number of H-pyrrole nitrogens is 1. The van der Waals surface area contributed by atoms with Gasteiger partial charge in [-0.2, -0.15) is 0 Å². The molecular weight excluding hydrogens is 204 g/mol. The van der Waals surface area contributed by atoms with Gasteiger partial charge >= 0.3 is 0 Å². The number of hydrogen-bond donors (Lipinski definition) is 2. The zero-order chi connectivity index (χ0) is 11.7. The molecule has 0 radical (unpaired) electrons. The molecule has 1 aliphatic rings. The largest absolute Gasteiger partial charge is 0.356 e. The second-order valence-electron chi connectivity index (χ2n) is 4.46. The van der Waals surface area contributed by atoms with Crippen molar-refractivity contribution in [3.05, 3.63) is 23.5 Å². The van der Waals surface area contributed by atoms with Gasteiger partial charge in [0.05, 0.1) is 0 Å². The number of aromatic amines is 1. The molecule has 2 N–H and O–H groups in total. The van der Waals surface area contributed by atoms with Crippen LogP contribution in [0.4, 0.5) is 0 Å². The summed E-state index contributed by atoms with van der Waals surface area (Å²) in [6.07, 6.45) is 3.97. The van der Waals surface area contributed by atoms with Gasteiger partial charge < -0.3 is 10.3 Å². The number of aromatic nitrogens is 1. The summed E-state index contributed by atoms with van der Waals surface area (Å²) >= 11 is 0. The smallest absolute Gasteiger partial charge is 0.267 e. The summed E-state index contributed by atoms with van der Waals surface area (Å²) in [6.45, 7) is 3.50. The highest BCUT2D eigenvalue weighted by Crippen LogP contribution is 2.32. The number of hydrogen-bond acceptors (Lipinski definition) is 2. The van der Waals surface area contributed by atoms with Crippen molar-refractivity contribution < 1.29 is 9.59 Å². The van der Waals surface area contributed by atoms with Crippen LogP contribution < -0.4 is 5.32 Å². The molecule has 4 nitrogen and oxygen atoms in total. The third-order valence-electron chi connectivity index (χ3n) is 3.02. The van der Waals surface area contributed by atoms with Crippen molar-refractivity contribution in [2.75, 3.05) is 0 Å². The Morgan fingerprint density at radius 1 is 1.50 bits per heavy atom. The Labute approximate surface area is 94.4 Å². The number of amides is 1. The maximum absolute atomic E-state index is 11.8. The van der Waals surface area contributed by atoms with E-state index in [1.165, 1.54) is 19.8 Å². The molecule has 0 bridgehead atoms. The molecule has 16 heavy (non-hydrogen) atoms. The van der Waals surface area contributed by atoms with Crippen LogP contribution >= 0.6 is 0 Å². The van der Waals surface area contributed by atoms with Gasteiger partial charge in [0, 0.05) is 17.8 Å². The molecule has 1 aromatic rings. The molecule has 0 spiro atoms. The number of carbonyl (C=O) groups excluding carboxylic acids is 2. The molecule has 1 heterocycles. The van der Waals surface area contributed by atoms with Crippen molar-refractivity contribution in [2.24, 2.45) is 5.92 Å². The van der Waals surface area contributed by atoms with Gasteiger partial charge in [-0.05, 0) is 38.7 Å². The quantitative estimate of drug-likeness (QED) is 0.759. The van der Waals surface area contributed by atoms with E-state index in [0.29, 0.717) is 17.2 Å². The van der Waals surface area contributed by atoms with Crippen LogP contribution in [0.2, 0.25) is 0 Å². The van der Waals surface area contributed by atoms with Crippen LogP contribution in [0.5, 0.6) is 0 Å². The molecule has 1 unspecified atom stereocenters. The molecule has 0 saturated heterocycles. The van der Waals surface area contributed by atoms with Crippen LogP contribution in [0.25, 0.3) is 0 Å². The lowest BCUT2D eigenvalue weighted by atomic mass is 10.2. The third kappa shape index (κ3) is 2.32. The average molecular weight is 220 g/mol. The maximum Gasteiger partial charge on any atom is 0.267 e. The van der Waals surface area contributed by atoms with Crippen LogP contribution in [0.3, 0.4) is 0 Å². The lowest BCUT2D eigenvalue weighted by Gasteiger charge is -2.11. The first-order valence-electron chi connectivity index (χ1n) is 5.58. The first-order valence-corrected chi connectivity index (χ1v) is 5.58. The Hall–Kier alpha value is -1.58. The highest BCUT2D eigenvalue weighted by molar-refractivity contribution is 5.99. The van der Waals surface area contributed by atoms with Crippen LogP contribution in [-0.2, 0) is 0 Å². The van der Waals surface area contributed by atoms with Gasteiger partial charge in [-0.1, -0.05) is 0 Å². The molecule has 1 aliphatic carbocycles. The summed E-state index contributed by atoms with van der Waals surface area (Å²) in [5, 5.41) is 2.93. The van der Waals surface area contributed by atoms with Gasteiger partial charge in [-0.15, -0.1) is 0 Å². The van der Waals surface area contributed by atoms with Crippen molar-refractivity contribution >= 4 is 11.7 Å². The normalized spacial score (nSPS) is 16.9. The Kier molecular flexibility index (Phi) is 2.81. The summed E-state index contributed by atoms with van der Waals surface area (Å²) in [5.41, 5.74) is 1.00. The maximum atomic E-state index is 11.8. The van der Waals surface area contributed by atoms with Crippen molar-refractivity contribution in [1.29, 1.82) is 0 Å². The zero-order valence-electron chi connectivity index (χ0n) is 9.54. The minimum atomic E-state index is -0.132. The van der Waals surface area contributed by atoms with E-state index in [1.54, 1.807) is 12.3 Å². The number of Topliss-reactive ketones (excluding diaryl/α,β-unsaturated/α-hetero) is 1. The number of nitrogens with one attached hydrogen (secondary N) is 2. The zero-order valence-corrected chi connectivity index (χ0v) is 9.54. The van der Waals surface area contributed by atoms with E-state index in [0.717, 1.165) is 0 Å². The Morgan fingerprint density at radius 2 is 2.19 bits per heavy atom. The van der Waals surface area contributed by atoms with Gasteiger partial charge in [-0.25, -0.2) is 0 Å². The van der Waals surface area contributed by atoms with E-state index < -0.39 is 0 Å². The second kappa shape index (κ2) is 4.12. The Morgan fingerprint density at radius 3 is 2.69 bits per heavy atom.